The minimum atomic E-state index is -5.17. The number of H-pyrrole nitrogens is 1. The summed E-state index contributed by atoms with van der Waals surface area (Å²) in [6.45, 7) is 0.234. The van der Waals surface area contributed by atoms with E-state index in [0.29, 0.717) is 12.8 Å². The van der Waals surface area contributed by atoms with Gasteiger partial charge in [0.15, 0.2) is 0 Å². The lowest BCUT2D eigenvalue weighted by molar-refractivity contribution is 0.283. The lowest BCUT2D eigenvalue weighted by Crippen LogP contribution is -2.28. The predicted octanol–water partition coefficient (Wildman–Crippen LogP) is 0.229. The minimum absolute atomic E-state index is 0.107. The Morgan fingerprint density at radius 3 is 2.20 bits per heavy atom. The molecular formula is C10H19N2O10P3. The van der Waals surface area contributed by atoms with Gasteiger partial charge in [-0.05, 0) is 12.8 Å². The molecule has 144 valence electrons. The molecule has 0 aliphatic carbocycles. The summed E-state index contributed by atoms with van der Waals surface area (Å²) in [6, 6.07) is 1.17. The van der Waals surface area contributed by atoms with Crippen molar-refractivity contribution in [1.29, 1.82) is 0 Å². The molecule has 1 aromatic heterocycles. The predicted molar refractivity (Wildman–Crippen MR) is 87.7 cm³/mol. The summed E-state index contributed by atoms with van der Waals surface area (Å²) in [5.74, 6) is -1.26. The maximum atomic E-state index is 12.3. The molecule has 12 nitrogen and oxygen atoms in total. The zero-order valence-corrected chi connectivity index (χ0v) is 15.6. The zero-order chi connectivity index (χ0) is 19.3. The Labute approximate surface area is 141 Å². The van der Waals surface area contributed by atoms with Crippen molar-refractivity contribution in [3.8, 4) is 0 Å². The molecule has 0 saturated heterocycles. The van der Waals surface area contributed by atoms with E-state index in [4.69, 9.17) is 19.6 Å². The second-order valence-electron chi connectivity index (χ2n) is 5.28. The topological polar surface area (TPSA) is 196 Å². The molecule has 0 aromatic carbocycles. The molecule has 1 atom stereocenters. The maximum Gasteiger partial charge on any atom is 0.475 e. The number of hydrogen-bond acceptors (Lipinski definition) is 6. The van der Waals surface area contributed by atoms with E-state index in [9.17, 15) is 23.3 Å². The van der Waals surface area contributed by atoms with Gasteiger partial charge in [0.25, 0.3) is 5.56 Å². The summed E-state index contributed by atoms with van der Waals surface area (Å²) >= 11 is 0. The van der Waals surface area contributed by atoms with Crippen LogP contribution in [0.5, 0.6) is 0 Å². The molecule has 0 bridgehead atoms. The molecule has 1 aromatic rings. The van der Waals surface area contributed by atoms with Crippen molar-refractivity contribution in [3.63, 3.8) is 0 Å². The molecule has 0 spiro atoms. The third-order valence-corrected chi connectivity index (χ3v) is 9.19. The molecule has 0 amide bonds. The Hall–Kier alpha value is -0.830. The Bertz CT molecular complexity index is 806. The van der Waals surface area contributed by atoms with Crippen LogP contribution in [0.25, 0.3) is 0 Å². The van der Waals surface area contributed by atoms with Gasteiger partial charge in [0.2, 0.25) is 7.37 Å². The standard InChI is InChI=1S/C10H19N2O10P3/c13-9-4-6-12(10(14)11-9)5-2-1-3-7-23(15,8-24(16,17)18)22-25(19,20)21/h4,6H,1-3,5,7-8H2,(H,11,13,14)(H2,16,17,18)(H2,19,20,21). The van der Waals surface area contributed by atoms with Crippen molar-refractivity contribution in [1.82, 2.24) is 9.55 Å². The van der Waals surface area contributed by atoms with Crippen LogP contribution in [0.3, 0.4) is 0 Å². The number of unbranched alkanes of at least 4 members (excludes halogenated alkanes) is 2. The van der Waals surface area contributed by atoms with Gasteiger partial charge in [-0.1, -0.05) is 6.42 Å². The highest BCUT2D eigenvalue weighted by Gasteiger charge is 2.38. The Kier molecular flexibility index (Phi) is 7.73. The molecule has 1 rings (SSSR count). The summed E-state index contributed by atoms with van der Waals surface area (Å²) in [5, 5.41) is 0. The highest BCUT2D eigenvalue weighted by atomic mass is 31.3. The van der Waals surface area contributed by atoms with Crippen molar-refractivity contribution in [2.45, 2.75) is 25.8 Å². The summed E-state index contributed by atoms with van der Waals surface area (Å²) in [4.78, 5) is 59.7. The van der Waals surface area contributed by atoms with Crippen LogP contribution >= 0.6 is 22.8 Å². The average molecular weight is 420 g/mol. The molecule has 5 N–H and O–H groups in total. The van der Waals surface area contributed by atoms with Crippen LogP contribution in [0, 0.1) is 0 Å². The Morgan fingerprint density at radius 1 is 1.04 bits per heavy atom. The molecule has 1 unspecified atom stereocenters. The molecule has 0 aliphatic rings. The van der Waals surface area contributed by atoms with Crippen LogP contribution < -0.4 is 11.2 Å². The number of nitrogens with zero attached hydrogens (tertiary/aromatic N) is 1. The lowest BCUT2D eigenvalue weighted by Gasteiger charge is -2.19. The van der Waals surface area contributed by atoms with Gasteiger partial charge < -0.3 is 24.1 Å². The van der Waals surface area contributed by atoms with Gasteiger partial charge in [0.05, 0.1) is 0 Å². The number of aromatic amines is 1. The average Bonchev–Trinajstić information content (AvgIpc) is 2.36. The van der Waals surface area contributed by atoms with Crippen LogP contribution in [-0.4, -0.2) is 41.2 Å². The van der Waals surface area contributed by atoms with E-state index in [-0.39, 0.29) is 13.0 Å². The molecule has 1 heterocycles. The summed E-state index contributed by atoms with van der Waals surface area (Å²) in [7, 11) is -14.2. The molecule has 0 fully saturated rings. The van der Waals surface area contributed by atoms with Crippen molar-refractivity contribution in [2.24, 2.45) is 0 Å². The van der Waals surface area contributed by atoms with E-state index < -0.39 is 46.1 Å². The largest absolute Gasteiger partial charge is 0.475 e. The Morgan fingerprint density at radius 2 is 1.68 bits per heavy atom. The van der Waals surface area contributed by atoms with Gasteiger partial charge in [0.1, 0.15) is 5.90 Å². The highest BCUT2D eigenvalue weighted by molar-refractivity contribution is 7.76. The fourth-order valence-electron chi connectivity index (χ4n) is 2.04. The monoisotopic (exact) mass is 420 g/mol. The van der Waals surface area contributed by atoms with Crippen molar-refractivity contribution >= 4 is 22.8 Å². The second kappa shape index (κ2) is 8.70. The quantitative estimate of drug-likeness (QED) is 0.258. The first-order chi connectivity index (χ1) is 11.3. The van der Waals surface area contributed by atoms with E-state index in [1.807, 2.05) is 0 Å². The lowest BCUT2D eigenvalue weighted by atomic mass is 10.2. The summed E-state index contributed by atoms with van der Waals surface area (Å²) in [5.41, 5.74) is -1.13. The SMILES string of the molecule is O=c1ccn(CCCCCP(=O)(CP(=O)(O)O)OP(=O)(O)O)c(=O)[nH]1. The van der Waals surface area contributed by atoms with Gasteiger partial charge in [-0.3, -0.25) is 18.9 Å². The normalized spacial score (nSPS) is 15.0. The first kappa shape index (κ1) is 22.2. The van der Waals surface area contributed by atoms with Crippen LogP contribution in [-0.2, 0) is 24.6 Å². The van der Waals surface area contributed by atoms with Gasteiger partial charge in [-0.2, -0.15) is 0 Å². The van der Waals surface area contributed by atoms with Gasteiger partial charge in [0, 0.05) is 25.0 Å². The fraction of sp³-hybridized carbons (Fsp3) is 0.600. The van der Waals surface area contributed by atoms with Crippen LogP contribution in [0.2, 0.25) is 0 Å². The third-order valence-electron chi connectivity index (χ3n) is 2.95. The molecule has 0 saturated carbocycles. The number of nitrogens with one attached hydrogen (secondary N) is 1. The van der Waals surface area contributed by atoms with E-state index >= 15 is 0 Å². The number of aromatic nitrogens is 2. The number of rotatable bonds is 10. The number of aryl methyl sites for hydroxylation is 1. The van der Waals surface area contributed by atoms with E-state index in [1.54, 1.807) is 0 Å². The Balaban J connectivity index is 2.58. The van der Waals surface area contributed by atoms with Crippen LogP contribution in [0.4, 0.5) is 0 Å². The second-order valence-corrected chi connectivity index (χ2v) is 11.5. The maximum absolute atomic E-state index is 12.3. The zero-order valence-electron chi connectivity index (χ0n) is 12.9. The first-order valence-electron chi connectivity index (χ1n) is 6.99. The van der Waals surface area contributed by atoms with E-state index in [1.165, 1.54) is 16.8 Å². The van der Waals surface area contributed by atoms with Crippen molar-refractivity contribution in [2.75, 3.05) is 12.1 Å². The smallest absolute Gasteiger partial charge is 0.324 e. The van der Waals surface area contributed by atoms with Gasteiger partial charge in [-0.25, -0.2) is 13.7 Å². The fourth-order valence-corrected chi connectivity index (χ4v) is 8.11. The van der Waals surface area contributed by atoms with Crippen molar-refractivity contribution < 1.29 is 37.6 Å². The molecule has 0 aliphatic heterocycles. The van der Waals surface area contributed by atoms with Crippen LogP contribution in [0.1, 0.15) is 19.3 Å². The van der Waals surface area contributed by atoms with E-state index in [0.717, 1.165) is 0 Å². The molecular weight excluding hydrogens is 401 g/mol. The summed E-state index contributed by atoms with van der Waals surface area (Å²) in [6.07, 6.45) is 1.73. The minimum Gasteiger partial charge on any atom is -0.324 e. The van der Waals surface area contributed by atoms with Gasteiger partial charge in [-0.15, -0.1) is 0 Å². The molecule has 25 heavy (non-hydrogen) atoms. The molecule has 15 heteroatoms. The third kappa shape index (κ3) is 9.44. The first-order valence-corrected chi connectivity index (χ1v) is 12.3. The summed E-state index contributed by atoms with van der Waals surface area (Å²) < 4.78 is 39.5. The number of hydrogen-bond donors (Lipinski definition) is 5. The van der Waals surface area contributed by atoms with Gasteiger partial charge >= 0.3 is 21.1 Å². The molecule has 0 radical (unpaired) electrons. The number of phosphoric acid groups is 1. The van der Waals surface area contributed by atoms with Crippen molar-refractivity contribution in [3.05, 3.63) is 33.1 Å². The van der Waals surface area contributed by atoms with E-state index in [2.05, 4.69) is 9.29 Å². The van der Waals surface area contributed by atoms with Crippen LogP contribution in [0.15, 0.2) is 21.9 Å². The highest BCUT2D eigenvalue weighted by Crippen LogP contribution is 2.65.